The maximum Gasteiger partial charge on any atom is 0.0949 e. The van der Waals surface area contributed by atoms with Crippen LogP contribution in [0.15, 0.2) is 36.7 Å². The van der Waals surface area contributed by atoms with Crippen molar-refractivity contribution in [2.24, 2.45) is 0 Å². The summed E-state index contributed by atoms with van der Waals surface area (Å²) in [5.74, 6) is 0. The summed E-state index contributed by atoms with van der Waals surface area (Å²) in [5.41, 5.74) is 2.18. The molecule has 2 heterocycles. The maximum atomic E-state index is 5.85. The Hall–Kier alpha value is -1.36. The van der Waals surface area contributed by atoms with E-state index < -0.39 is 0 Å². The Morgan fingerprint density at radius 3 is 2.78 bits per heavy atom. The van der Waals surface area contributed by atoms with Crippen molar-refractivity contribution in [3.8, 4) is 5.69 Å². The van der Waals surface area contributed by atoms with Gasteiger partial charge in [0.1, 0.15) is 0 Å². The van der Waals surface area contributed by atoms with Crippen LogP contribution in [0, 0.1) is 0 Å². The first-order valence-corrected chi connectivity index (χ1v) is 6.33. The predicted octanol–water partition coefficient (Wildman–Crippen LogP) is 2.19. The molecule has 1 aliphatic rings. The highest BCUT2D eigenvalue weighted by Gasteiger charge is 2.15. The number of benzene rings is 1. The van der Waals surface area contributed by atoms with E-state index in [2.05, 4.69) is 22.5 Å². The summed E-state index contributed by atoms with van der Waals surface area (Å²) >= 11 is 5.85. The van der Waals surface area contributed by atoms with Gasteiger partial charge in [-0.25, -0.2) is 4.68 Å². The molecular weight excluding hydrogens is 250 g/mol. The normalized spacial score (nSPS) is 19.9. The maximum absolute atomic E-state index is 5.85. The molecule has 2 aromatic rings. The molecule has 1 atom stereocenters. The van der Waals surface area contributed by atoms with Gasteiger partial charge in [0.2, 0.25) is 0 Å². The monoisotopic (exact) mass is 263 g/mol. The SMILES string of the molecule is Clc1cnn(-c2ccc(C3CNCCO3)cc2)c1. The number of nitrogens with one attached hydrogen (secondary N) is 1. The molecule has 1 unspecified atom stereocenters. The number of hydrogen-bond donors (Lipinski definition) is 1. The lowest BCUT2D eigenvalue weighted by Crippen LogP contribution is -2.33. The molecule has 18 heavy (non-hydrogen) atoms. The molecule has 1 fully saturated rings. The zero-order valence-corrected chi connectivity index (χ0v) is 10.6. The van der Waals surface area contributed by atoms with Gasteiger partial charge in [-0.05, 0) is 17.7 Å². The van der Waals surface area contributed by atoms with Crippen LogP contribution < -0.4 is 5.32 Å². The smallest absolute Gasteiger partial charge is 0.0949 e. The lowest BCUT2D eigenvalue weighted by Gasteiger charge is -2.24. The van der Waals surface area contributed by atoms with E-state index in [1.807, 2.05) is 12.1 Å². The average molecular weight is 264 g/mol. The number of morpholine rings is 1. The number of hydrogen-bond acceptors (Lipinski definition) is 3. The van der Waals surface area contributed by atoms with Gasteiger partial charge in [0, 0.05) is 19.3 Å². The molecular formula is C13H14ClN3O. The van der Waals surface area contributed by atoms with E-state index in [4.69, 9.17) is 16.3 Å². The van der Waals surface area contributed by atoms with Gasteiger partial charge in [-0.3, -0.25) is 0 Å². The Morgan fingerprint density at radius 1 is 1.33 bits per heavy atom. The second kappa shape index (κ2) is 5.10. The molecule has 0 amide bonds. The van der Waals surface area contributed by atoms with Crippen molar-refractivity contribution in [3.63, 3.8) is 0 Å². The third-order valence-corrected chi connectivity index (χ3v) is 3.20. The van der Waals surface area contributed by atoms with Crippen LogP contribution in [0.2, 0.25) is 5.02 Å². The molecule has 1 aliphatic heterocycles. The Kier molecular flexibility index (Phi) is 3.32. The molecule has 1 aromatic carbocycles. The Bertz CT molecular complexity index is 517. The third kappa shape index (κ3) is 2.41. The van der Waals surface area contributed by atoms with E-state index in [1.165, 1.54) is 5.56 Å². The molecule has 0 aliphatic carbocycles. The standard InChI is InChI=1S/C13H14ClN3O/c14-11-7-16-17(9-11)12-3-1-10(2-4-12)13-8-15-5-6-18-13/h1-4,7,9,13,15H,5-6,8H2. The number of rotatable bonds is 2. The van der Waals surface area contributed by atoms with Crippen molar-refractivity contribution in [3.05, 3.63) is 47.2 Å². The van der Waals surface area contributed by atoms with Crippen LogP contribution in [0.1, 0.15) is 11.7 Å². The topological polar surface area (TPSA) is 39.1 Å². The molecule has 0 saturated carbocycles. The number of aromatic nitrogens is 2. The molecule has 5 heteroatoms. The molecule has 1 saturated heterocycles. The van der Waals surface area contributed by atoms with E-state index in [0.29, 0.717) is 5.02 Å². The zero-order chi connectivity index (χ0) is 12.4. The van der Waals surface area contributed by atoms with Crippen LogP contribution in [0.25, 0.3) is 5.69 Å². The summed E-state index contributed by atoms with van der Waals surface area (Å²) in [7, 11) is 0. The van der Waals surface area contributed by atoms with Crippen molar-refractivity contribution in [2.75, 3.05) is 19.7 Å². The van der Waals surface area contributed by atoms with Crippen LogP contribution in [0.4, 0.5) is 0 Å². The summed E-state index contributed by atoms with van der Waals surface area (Å²) in [4.78, 5) is 0. The second-order valence-electron chi connectivity index (χ2n) is 4.26. The van der Waals surface area contributed by atoms with E-state index in [0.717, 1.165) is 25.4 Å². The van der Waals surface area contributed by atoms with E-state index in [1.54, 1.807) is 17.1 Å². The van der Waals surface area contributed by atoms with Gasteiger partial charge >= 0.3 is 0 Å². The number of nitrogens with zero attached hydrogens (tertiary/aromatic N) is 2. The van der Waals surface area contributed by atoms with Crippen LogP contribution in [0.5, 0.6) is 0 Å². The first-order chi connectivity index (χ1) is 8.83. The molecule has 94 valence electrons. The quantitative estimate of drug-likeness (QED) is 0.903. The molecule has 3 rings (SSSR count). The highest BCUT2D eigenvalue weighted by molar-refractivity contribution is 6.30. The average Bonchev–Trinajstić information content (AvgIpc) is 2.87. The summed E-state index contributed by atoms with van der Waals surface area (Å²) in [5, 5.41) is 8.13. The minimum absolute atomic E-state index is 0.147. The van der Waals surface area contributed by atoms with Gasteiger partial charge < -0.3 is 10.1 Å². The van der Waals surface area contributed by atoms with Crippen molar-refractivity contribution in [1.29, 1.82) is 0 Å². The molecule has 4 nitrogen and oxygen atoms in total. The molecule has 0 spiro atoms. The highest BCUT2D eigenvalue weighted by Crippen LogP contribution is 2.20. The van der Waals surface area contributed by atoms with E-state index in [-0.39, 0.29) is 6.10 Å². The van der Waals surface area contributed by atoms with Gasteiger partial charge in [0.15, 0.2) is 0 Å². The van der Waals surface area contributed by atoms with Gasteiger partial charge in [-0.15, -0.1) is 0 Å². The summed E-state index contributed by atoms with van der Waals surface area (Å²) in [6.45, 7) is 2.56. The van der Waals surface area contributed by atoms with E-state index >= 15 is 0 Å². The Morgan fingerprint density at radius 2 is 2.17 bits per heavy atom. The fraction of sp³-hybridized carbons (Fsp3) is 0.308. The first-order valence-electron chi connectivity index (χ1n) is 5.96. The van der Waals surface area contributed by atoms with Crippen molar-refractivity contribution in [2.45, 2.75) is 6.10 Å². The van der Waals surface area contributed by atoms with Gasteiger partial charge in [0.25, 0.3) is 0 Å². The van der Waals surface area contributed by atoms with Crippen molar-refractivity contribution >= 4 is 11.6 Å². The summed E-state index contributed by atoms with van der Waals surface area (Å²) in [6.07, 6.45) is 3.56. The minimum Gasteiger partial charge on any atom is -0.371 e. The fourth-order valence-electron chi connectivity index (χ4n) is 2.06. The molecule has 0 bridgehead atoms. The first kappa shape index (κ1) is 11.7. The zero-order valence-electron chi connectivity index (χ0n) is 9.84. The van der Waals surface area contributed by atoms with Crippen molar-refractivity contribution in [1.82, 2.24) is 15.1 Å². The molecule has 1 aromatic heterocycles. The Labute approximate surface area is 111 Å². The van der Waals surface area contributed by atoms with Gasteiger partial charge in [-0.2, -0.15) is 5.10 Å². The van der Waals surface area contributed by atoms with Gasteiger partial charge in [-0.1, -0.05) is 23.7 Å². The largest absolute Gasteiger partial charge is 0.371 e. The Balaban J connectivity index is 1.80. The number of ether oxygens (including phenoxy) is 1. The minimum atomic E-state index is 0.147. The predicted molar refractivity (Wildman–Crippen MR) is 70.1 cm³/mol. The third-order valence-electron chi connectivity index (χ3n) is 3.01. The van der Waals surface area contributed by atoms with Crippen LogP contribution in [-0.4, -0.2) is 29.5 Å². The highest BCUT2D eigenvalue weighted by atomic mass is 35.5. The summed E-state index contributed by atoms with van der Waals surface area (Å²) < 4.78 is 7.46. The number of halogens is 1. The molecule has 0 radical (unpaired) electrons. The van der Waals surface area contributed by atoms with Crippen LogP contribution in [-0.2, 0) is 4.74 Å². The molecule has 1 N–H and O–H groups in total. The van der Waals surface area contributed by atoms with Crippen LogP contribution in [0.3, 0.4) is 0 Å². The lowest BCUT2D eigenvalue weighted by atomic mass is 10.1. The second-order valence-corrected chi connectivity index (χ2v) is 4.69. The van der Waals surface area contributed by atoms with Gasteiger partial charge in [0.05, 0.1) is 29.6 Å². The van der Waals surface area contributed by atoms with Crippen molar-refractivity contribution < 1.29 is 4.74 Å². The van der Waals surface area contributed by atoms with E-state index in [9.17, 15) is 0 Å². The van der Waals surface area contributed by atoms with Crippen LogP contribution >= 0.6 is 11.6 Å². The fourth-order valence-corrected chi connectivity index (χ4v) is 2.20. The lowest BCUT2D eigenvalue weighted by molar-refractivity contribution is 0.0277. The summed E-state index contributed by atoms with van der Waals surface area (Å²) in [6, 6.07) is 8.19.